The number of hydrogen-bond donors (Lipinski definition) is 0. The van der Waals surface area contributed by atoms with Crippen LogP contribution in [0.5, 0.6) is 0 Å². The van der Waals surface area contributed by atoms with E-state index < -0.39 is 5.41 Å². The predicted octanol–water partition coefficient (Wildman–Crippen LogP) is 3.70. The molecule has 2 amide bonds. The number of piperidine rings is 1. The van der Waals surface area contributed by atoms with Gasteiger partial charge in [-0.25, -0.2) is 0 Å². The van der Waals surface area contributed by atoms with Crippen molar-refractivity contribution < 1.29 is 9.59 Å². The smallest absolute Gasteiger partial charge is 0.255 e. The van der Waals surface area contributed by atoms with Gasteiger partial charge in [-0.3, -0.25) is 19.6 Å². The molecule has 0 bridgehead atoms. The van der Waals surface area contributed by atoms with Crippen molar-refractivity contribution in [3.63, 3.8) is 0 Å². The molecule has 6 nitrogen and oxygen atoms in total. The van der Waals surface area contributed by atoms with Crippen LogP contribution in [0.1, 0.15) is 28.8 Å². The third kappa shape index (κ3) is 4.54. The first-order valence-corrected chi connectivity index (χ1v) is 10.9. The van der Waals surface area contributed by atoms with E-state index in [0.29, 0.717) is 25.1 Å². The number of carbonyl (C=O) groups excluding carboxylic acids is 2. The molecule has 1 fully saturated rings. The second kappa shape index (κ2) is 9.30. The number of aromatic nitrogens is 2. The summed E-state index contributed by atoms with van der Waals surface area (Å²) in [5.41, 5.74) is 3.17. The number of benzene rings is 1. The van der Waals surface area contributed by atoms with Gasteiger partial charge in [0.2, 0.25) is 5.91 Å². The molecule has 0 unspecified atom stereocenters. The summed E-state index contributed by atoms with van der Waals surface area (Å²) >= 11 is 0. The third-order valence-corrected chi connectivity index (χ3v) is 6.12. The van der Waals surface area contributed by atoms with Crippen molar-refractivity contribution >= 4 is 11.8 Å². The van der Waals surface area contributed by atoms with Crippen LogP contribution < -0.4 is 0 Å². The Labute approximate surface area is 188 Å². The molecule has 4 rings (SSSR count). The fourth-order valence-corrected chi connectivity index (χ4v) is 4.64. The van der Waals surface area contributed by atoms with Gasteiger partial charge in [0.1, 0.15) is 0 Å². The number of carbonyl (C=O) groups is 2. The maximum absolute atomic E-state index is 13.5. The van der Waals surface area contributed by atoms with E-state index in [1.165, 1.54) is 0 Å². The first-order valence-electron chi connectivity index (χ1n) is 10.9. The van der Waals surface area contributed by atoms with E-state index in [1.807, 2.05) is 23.1 Å². The lowest BCUT2D eigenvalue weighted by atomic mass is 9.73. The van der Waals surface area contributed by atoms with Gasteiger partial charge in [0.15, 0.2) is 0 Å². The Hall–Kier alpha value is -3.54. The molecule has 0 radical (unpaired) electrons. The summed E-state index contributed by atoms with van der Waals surface area (Å²) in [6.45, 7) is 1.05. The zero-order valence-corrected chi connectivity index (χ0v) is 18.6. The summed E-state index contributed by atoms with van der Waals surface area (Å²) in [5.74, 6) is -0.00484. The largest absolute Gasteiger partial charge is 0.348 e. The number of hydrogen-bond acceptors (Lipinski definition) is 4. The molecular formula is C26H28N4O2. The molecule has 164 valence electrons. The van der Waals surface area contributed by atoms with E-state index in [0.717, 1.165) is 29.5 Å². The van der Waals surface area contributed by atoms with E-state index in [4.69, 9.17) is 0 Å². The topological polar surface area (TPSA) is 66.4 Å². The Kier molecular flexibility index (Phi) is 6.30. The number of pyridine rings is 2. The minimum absolute atomic E-state index is 0.0653. The van der Waals surface area contributed by atoms with Crippen LogP contribution in [-0.4, -0.2) is 58.8 Å². The molecule has 0 N–H and O–H groups in total. The fourth-order valence-electron chi connectivity index (χ4n) is 4.64. The summed E-state index contributed by atoms with van der Waals surface area (Å²) in [5, 5.41) is 0. The predicted molar refractivity (Wildman–Crippen MR) is 124 cm³/mol. The quantitative estimate of drug-likeness (QED) is 0.622. The zero-order chi connectivity index (χ0) is 22.6. The Morgan fingerprint density at radius 1 is 1.00 bits per heavy atom. The van der Waals surface area contributed by atoms with E-state index in [2.05, 4.69) is 28.2 Å². The fraction of sp³-hybridized carbons (Fsp3) is 0.308. The maximum atomic E-state index is 13.5. The molecule has 1 atom stereocenters. The van der Waals surface area contributed by atoms with Crippen molar-refractivity contribution in [1.29, 1.82) is 0 Å². The number of likely N-dealkylation sites (tertiary alicyclic amines) is 1. The Balaban J connectivity index is 1.64. The standard InChI is InChI=1S/C26H28N4O2/c1-29(2)25(32)26(11-5-15-30(19-26)24(31)23-8-4-12-28-18-23)17-20-6-3-7-22(16-20)21-9-13-27-14-10-21/h3-4,6-10,12-14,16,18H,5,11,15,17,19H2,1-2H3/t26-/m1/s1. The van der Waals surface area contributed by atoms with Gasteiger partial charge >= 0.3 is 0 Å². The molecule has 1 saturated heterocycles. The van der Waals surface area contributed by atoms with Gasteiger partial charge in [-0.1, -0.05) is 24.3 Å². The third-order valence-electron chi connectivity index (χ3n) is 6.12. The molecule has 6 heteroatoms. The van der Waals surface area contributed by atoms with Crippen molar-refractivity contribution in [3.8, 4) is 11.1 Å². The number of rotatable bonds is 5. The molecule has 1 aromatic carbocycles. The Morgan fingerprint density at radius 2 is 1.81 bits per heavy atom. The lowest BCUT2D eigenvalue weighted by Crippen LogP contribution is -2.54. The minimum Gasteiger partial charge on any atom is -0.348 e. The van der Waals surface area contributed by atoms with Crippen molar-refractivity contribution in [1.82, 2.24) is 19.8 Å². The van der Waals surface area contributed by atoms with Crippen LogP contribution in [0.25, 0.3) is 11.1 Å². The molecule has 3 aromatic rings. The average Bonchev–Trinajstić information content (AvgIpc) is 2.84. The van der Waals surface area contributed by atoms with Crippen LogP contribution in [0.2, 0.25) is 0 Å². The molecule has 2 aromatic heterocycles. The highest BCUT2D eigenvalue weighted by Crippen LogP contribution is 2.37. The highest BCUT2D eigenvalue weighted by molar-refractivity contribution is 5.94. The second-order valence-corrected chi connectivity index (χ2v) is 8.66. The van der Waals surface area contributed by atoms with Crippen LogP contribution in [0.3, 0.4) is 0 Å². The molecule has 0 spiro atoms. The zero-order valence-electron chi connectivity index (χ0n) is 18.6. The van der Waals surface area contributed by atoms with Crippen molar-refractivity contribution in [2.45, 2.75) is 19.3 Å². The lowest BCUT2D eigenvalue weighted by molar-refractivity contribution is -0.142. The molecule has 3 heterocycles. The monoisotopic (exact) mass is 428 g/mol. The summed E-state index contributed by atoms with van der Waals surface area (Å²) in [7, 11) is 3.58. The molecule has 1 aliphatic rings. The SMILES string of the molecule is CN(C)C(=O)[C@@]1(Cc2cccc(-c3ccncc3)c2)CCCN(C(=O)c2cccnc2)C1. The van der Waals surface area contributed by atoms with Crippen LogP contribution in [0.4, 0.5) is 0 Å². The summed E-state index contributed by atoms with van der Waals surface area (Å²) < 4.78 is 0. The average molecular weight is 429 g/mol. The first-order chi connectivity index (χ1) is 15.5. The van der Waals surface area contributed by atoms with Crippen LogP contribution in [0.15, 0.2) is 73.3 Å². The van der Waals surface area contributed by atoms with Gasteiger partial charge in [-0.15, -0.1) is 0 Å². The van der Waals surface area contributed by atoms with E-state index >= 15 is 0 Å². The maximum Gasteiger partial charge on any atom is 0.255 e. The summed E-state index contributed by atoms with van der Waals surface area (Å²) in [4.78, 5) is 38.2. The van der Waals surface area contributed by atoms with Crippen LogP contribution in [0, 0.1) is 5.41 Å². The second-order valence-electron chi connectivity index (χ2n) is 8.66. The van der Waals surface area contributed by atoms with E-state index in [1.54, 1.807) is 55.9 Å². The summed E-state index contributed by atoms with van der Waals surface area (Å²) in [6, 6.07) is 15.8. The Bertz CT molecular complexity index is 1090. The highest BCUT2D eigenvalue weighted by Gasteiger charge is 2.44. The van der Waals surface area contributed by atoms with E-state index in [9.17, 15) is 9.59 Å². The normalized spacial score (nSPS) is 18.2. The van der Waals surface area contributed by atoms with Gasteiger partial charge in [-0.05, 0) is 60.2 Å². The van der Waals surface area contributed by atoms with Gasteiger partial charge in [0, 0.05) is 52.0 Å². The van der Waals surface area contributed by atoms with Crippen LogP contribution >= 0.6 is 0 Å². The van der Waals surface area contributed by atoms with Gasteiger partial charge in [-0.2, -0.15) is 0 Å². The molecule has 0 aliphatic carbocycles. The van der Waals surface area contributed by atoms with Crippen LogP contribution in [-0.2, 0) is 11.2 Å². The van der Waals surface area contributed by atoms with Crippen molar-refractivity contribution in [3.05, 3.63) is 84.4 Å². The Morgan fingerprint density at radius 3 is 2.53 bits per heavy atom. The van der Waals surface area contributed by atoms with Crippen molar-refractivity contribution in [2.24, 2.45) is 5.41 Å². The minimum atomic E-state index is -0.656. The van der Waals surface area contributed by atoms with Gasteiger partial charge in [0.05, 0.1) is 11.0 Å². The van der Waals surface area contributed by atoms with Crippen molar-refractivity contribution in [2.75, 3.05) is 27.2 Å². The van der Waals surface area contributed by atoms with Gasteiger partial charge in [0.25, 0.3) is 5.91 Å². The molecule has 0 saturated carbocycles. The number of nitrogens with zero attached hydrogens (tertiary/aromatic N) is 4. The van der Waals surface area contributed by atoms with E-state index in [-0.39, 0.29) is 11.8 Å². The molecule has 32 heavy (non-hydrogen) atoms. The molecular weight excluding hydrogens is 400 g/mol. The number of amides is 2. The first kappa shape index (κ1) is 21.7. The molecule has 1 aliphatic heterocycles. The highest BCUT2D eigenvalue weighted by atomic mass is 16.2. The van der Waals surface area contributed by atoms with Gasteiger partial charge < -0.3 is 9.80 Å². The lowest BCUT2D eigenvalue weighted by Gasteiger charge is -2.43. The summed E-state index contributed by atoms with van der Waals surface area (Å²) in [6.07, 6.45) is 8.92.